The van der Waals surface area contributed by atoms with Crippen LogP contribution < -0.4 is 10.2 Å². The minimum Gasteiger partial charge on any atom is -0.372 e. The van der Waals surface area contributed by atoms with E-state index >= 15 is 0 Å². The summed E-state index contributed by atoms with van der Waals surface area (Å²) >= 11 is 5.80. The minimum absolute atomic E-state index is 0.0165. The molecule has 27 heavy (non-hydrogen) atoms. The second-order valence-corrected chi connectivity index (χ2v) is 6.94. The third kappa shape index (κ3) is 4.09. The van der Waals surface area contributed by atoms with Gasteiger partial charge in [0.2, 0.25) is 5.60 Å². The van der Waals surface area contributed by atoms with Gasteiger partial charge in [-0.1, -0.05) is 11.6 Å². The van der Waals surface area contributed by atoms with Crippen LogP contribution in [0.25, 0.3) is 0 Å². The molecule has 1 fully saturated rings. The molecule has 1 aliphatic heterocycles. The first kappa shape index (κ1) is 19.3. The summed E-state index contributed by atoms with van der Waals surface area (Å²) < 4.78 is 13.3. The van der Waals surface area contributed by atoms with Crippen molar-refractivity contribution < 1.29 is 19.1 Å². The van der Waals surface area contributed by atoms with Gasteiger partial charge in [0.25, 0.3) is 11.8 Å². The Morgan fingerprint density at radius 1 is 1.41 bits per heavy atom. The van der Waals surface area contributed by atoms with Gasteiger partial charge >= 0.3 is 0 Å². The van der Waals surface area contributed by atoms with E-state index in [4.69, 9.17) is 11.6 Å². The predicted molar refractivity (Wildman–Crippen MR) is 99.0 cm³/mol. The number of aromatic nitrogens is 1. The Kier molecular flexibility index (Phi) is 5.43. The highest BCUT2D eigenvalue weighted by atomic mass is 35.5. The van der Waals surface area contributed by atoms with Crippen molar-refractivity contribution in [3.8, 4) is 0 Å². The number of halogens is 2. The zero-order valence-electron chi connectivity index (χ0n) is 14.7. The fourth-order valence-electron chi connectivity index (χ4n) is 3.00. The van der Waals surface area contributed by atoms with E-state index in [1.54, 1.807) is 18.2 Å². The molecule has 1 aromatic carbocycles. The Labute approximate surface area is 161 Å². The number of rotatable bonds is 5. The van der Waals surface area contributed by atoms with Crippen LogP contribution in [0, 0.1) is 12.7 Å². The molecule has 0 saturated carbocycles. The molecule has 2 N–H and O–H groups in total. The molecule has 3 rings (SSSR count). The number of nitrogens with one attached hydrogen (secondary N) is 1. The monoisotopic (exact) mass is 391 g/mol. The second-order valence-electron chi connectivity index (χ2n) is 6.51. The van der Waals surface area contributed by atoms with Crippen LogP contribution in [0.2, 0.25) is 5.02 Å². The van der Waals surface area contributed by atoms with Crippen molar-refractivity contribution in [1.82, 2.24) is 10.3 Å². The molecule has 6 nitrogen and oxygen atoms in total. The smallest absolute Gasteiger partial charge is 0.268 e. The van der Waals surface area contributed by atoms with E-state index in [2.05, 4.69) is 10.3 Å². The number of aliphatic hydroxyl groups is 1. The number of nitrogens with zero attached hydrogens (tertiary/aromatic N) is 2. The van der Waals surface area contributed by atoms with Crippen molar-refractivity contribution in [2.75, 3.05) is 18.0 Å². The lowest BCUT2D eigenvalue weighted by molar-refractivity contribution is -0.149. The molecule has 0 aliphatic carbocycles. The maximum Gasteiger partial charge on any atom is 0.268 e. The summed E-state index contributed by atoms with van der Waals surface area (Å²) in [5.74, 6) is -1.91. The number of aryl methyl sites for hydroxylation is 1. The average Bonchev–Trinajstić information content (AvgIpc) is 2.91. The molecule has 1 atom stereocenters. The Bertz CT molecular complexity index is 855. The van der Waals surface area contributed by atoms with Crippen LogP contribution in [0.5, 0.6) is 0 Å². The van der Waals surface area contributed by atoms with Crippen molar-refractivity contribution in [2.24, 2.45) is 0 Å². The van der Waals surface area contributed by atoms with Crippen molar-refractivity contribution in [2.45, 2.75) is 25.4 Å². The number of hydrogen-bond donors (Lipinski definition) is 2. The lowest BCUT2D eigenvalue weighted by Crippen LogP contribution is -2.52. The highest BCUT2D eigenvalue weighted by molar-refractivity contribution is 6.30. The summed E-state index contributed by atoms with van der Waals surface area (Å²) in [5.41, 5.74) is -0.179. The average molecular weight is 392 g/mol. The number of hydrogen-bond acceptors (Lipinski definition) is 4. The summed E-state index contributed by atoms with van der Waals surface area (Å²) in [6.45, 7) is 2.18. The van der Waals surface area contributed by atoms with Crippen LogP contribution in [-0.2, 0) is 16.0 Å². The Morgan fingerprint density at radius 3 is 2.85 bits per heavy atom. The fraction of sp³-hybridized carbons (Fsp3) is 0.316. The molecule has 8 heteroatoms. The Balaban J connectivity index is 1.62. The van der Waals surface area contributed by atoms with Crippen LogP contribution in [-0.4, -0.2) is 40.6 Å². The second kappa shape index (κ2) is 7.62. The number of pyridine rings is 1. The Morgan fingerprint density at radius 2 is 2.19 bits per heavy atom. The van der Waals surface area contributed by atoms with E-state index in [0.717, 1.165) is 5.69 Å². The van der Waals surface area contributed by atoms with Crippen molar-refractivity contribution in [1.29, 1.82) is 0 Å². The van der Waals surface area contributed by atoms with Gasteiger partial charge in [0.15, 0.2) is 0 Å². The van der Waals surface area contributed by atoms with E-state index in [1.165, 1.54) is 23.2 Å². The predicted octanol–water partition coefficient (Wildman–Crippen LogP) is 2.01. The molecule has 0 unspecified atom stereocenters. The quantitative estimate of drug-likeness (QED) is 0.764. The summed E-state index contributed by atoms with van der Waals surface area (Å²) in [7, 11) is 0. The van der Waals surface area contributed by atoms with Gasteiger partial charge in [-0.05, 0) is 49.2 Å². The van der Waals surface area contributed by atoms with E-state index < -0.39 is 23.2 Å². The molecule has 1 aliphatic rings. The molecule has 1 saturated heterocycles. The van der Waals surface area contributed by atoms with Gasteiger partial charge in [0, 0.05) is 30.2 Å². The standard InChI is InChI=1S/C19H19ClFN3O3/c1-12-2-3-16(11-23-12)24-7-5-19(27,18(24)26)17(25)22-6-4-13-8-14(20)10-15(21)9-13/h2-3,8-11,27H,4-7H2,1H3,(H,22,25)/t19-/m0/s1. The SMILES string of the molecule is Cc1ccc(N2CC[C@](O)(C(=O)NCCc3cc(F)cc(Cl)c3)C2=O)cn1. The number of carbonyl (C=O) groups excluding carboxylic acids is 2. The van der Waals surface area contributed by atoms with Gasteiger partial charge in [-0.3, -0.25) is 14.6 Å². The van der Waals surface area contributed by atoms with Crippen LogP contribution in [0.4, 0.5) is 10.1 Å². The Hall–Kier alpha value is -2.51. The summed E-state index contributed by atoms with van der Waals surface area (Å²) in [5, 5.41) is 13.4. The van der Waals surface area contributed by atoms with E-state index in [0.29, 0.717) is 17.7 Å². The molecule has 0 spiro atoms. The van der Waals surface area contributed by atoms with Gasteiger partial charge in [-0.25, -0.2) is 4.39 Å². The number of amides is 2. The molecule has 142 valence electrons. The molecule has 0 bridgehead atoms. The van der Waals surface area contributed by atoms with E-state index in [1.807, 2.05) is 6.92 Å². The third-order valence-electron chi connectivity index (χ3n) is 4.50. The first-order valence-corrected chi connectivity index (χ1v) is 8.88. The maximum atomic E-state index is 13.3. The molecule has 2 aromatic rings. The molecule has 2 heterocycles. The lowest BCUT2D eigenvalue weighted by atomic mass is 10.0. The molecular weight excluding hydrogens is 373 g/mol. The lowest BCUT2D eigenvalue weighted by Gasteiger charge is -2.21. The van der Waals surface area contributed by atoms with Gasteiger partial charge in [0.05, 0.1) is 11.9 Å². The highest BCUT2D eigenvalue weighted by Gasteiger charge is 2.51. The van der Waals surface area contributed by atoms with Crippen molar-refractivity contribution in [3.05, 3.63) is 58.6 Å². The summed E-state index contributed by atoms with van der Waals surface area (Å²) in [4.78, 5) is 30.5. The first-order valence-electron chi connectivity index (χ1n) is 8.50. The first-order chi connectivity index (χ1) is 12.8. The van der Waals surface area contributed by atoms with Crippen LogP contribution in [0.1, 0.15) is 17.7 Å². The number of benzene rings is 1. The zero-order valence-corrected chi connectivity index (χ0v) is 15.5. The topological polar surface area (TPSA) is 82.5 Å². The van der Waals surface area contributed by atoms with Gasteiger partial charge < -0.3 is 15.3 Å². The largest absolute Gasteiger partial charge is 0.372 e. The van der Waals surface area contributed by atoms with Gasteiger partial charge in [-0.2, -0.15) is 0 Å². The normalized spacial score (nSPS) is 19.4. The minimum atomic E-state index is -2.12. The zero-order chi connectivity index (χ0) is 19.6. The fourth-order valence-corrected chi connectivity index (χ4v) is 3.25. The molecule has 0 radical (unpaired) electrons. The highest BCUT2D eigenvalue weighted by Crippen LogP contribution is 2.28. The van der Waals surface area contributed by atoms with Crippen molar-refractivity contribution in [3.63, 3.8) is 0 Å². The summed E-state index contributed by atoms with van der Waals surface area (Å²) in [6.07, 6.45) is 1.83. The summed E-state index contributed by atoms with van der Waals surface area (Å²) in [6, 6.07) is 7.58. The maximum absolute atomic E-state index is 13.3. The van der Waals surface area contributed by atoms with Gasteiger partial charge in [-0.15, -0.1) is 0 Å². The molecular formula is C19H19ClFN3O3. The van der Waals surface area contributed by atoms with E-state index in [9.17, 15) is 19.1 Å². The van der Waals surface area contributed by atoms with Crippen LogP contribution in [0.15, 0.2) is 36.5 Å². The number of carbonyl (C=O) groups is 2. The van der Waals surface area contributed by atoms with Crippen LogP contribution in [0.3, 0.4) is 0 Å². The molecule has 2 amide bonds. The van der Waals surface area contributed by atoms with E-state index in [-0.39, 0.29) is 24.5 Å². The van der Waals surface area contributed by atoms with Gasteiger partial charge in [0.1, 0.15) is 5.82 Å². The van der Waals surface area contributed by atoms with Crippen molar-refractivity contribution >= 4 is 29.1 Å². The third-order valence-corrected chi connectivity index (χ3v) is 4.72. The number of anilines is 1. The molecule has 1 aromatic heterocycles. The van der Waals surface area contributed by atoms with Crippen LogP contribution >= 0.6 is 11.6 Å².